The molecule has 0 saturated heterocycles. The van der Waals surface area contributed by atoms with E-state index in [4.69, 9.17) is 27.9 Å². The zero-order valence-corrected chi connectivity index (χ0v) is 25.1. The van der Waals surface area contributed by atoms with Gasteiger partial charge in [-0.1, -0.05) is 41.4 Å². The van der Waals surface area contributed by atoms with Gasteiger partial charge in [0, 0.05) is 48.0 Å². The van der Waals surface area contributed by atoms with E-state index in [9.17, 15) is 24.6 Å². The van der Waals surface area contributed by atoms with E-state index in [1.807, 2.05) is 12.1 Å². The van der Waals surface area contributed by atoms with Crippen LogP contribution in [0.15, 0.2) is 54.1 Å². The highest BCUT2D eigenvalue weighted by atomic mass is 127. The smallest absolute Gasteiger partial charge is 0.247 e. The summed E-state index contributed by atoms with van der Waals surface area (Å²) in [6.07, 6.45) is 0.163. The van der Waals surface area contributed by atoms with Gasteiger partial charge in [0.25, 0.3) is 0 Å². The van der Waals surface area contributed by atoms with Crippen molar-refractivity contribution in [2.75, 3.05) is 13.2 Å². The standard InChI is InChI=1S/C28H31Cl2IN2O6/c1-17(35)5-4-8-26(36)33(16-18-9-10-20(29)15-21(18)30)23-13-19(28(38)32-11-12-34)14-25(27(23)37)39-24-7-3-2-6-22(24)31/h2-3,6-7,9-10,14-15,23,25,27,34,37H,4-5,8,11-13,16H2,1H3,(H,32,38). The van der Waals surface area contributed by atoms with E-state index < -0.39 is 24.2 Å². The molecule has 2 amide bonds. The number of Topliss-reactive ketones (excluding diaryl/α,β-unsaturated/α-hetero) is 1. The summed E-state index contributed by atoms with van der Waals surface area (Å²) in [6.45, 7) is 1.34. The number of hydrogen-bond donors (Lipinski definition) is 3. The third-order valence-corrected chi connectivity index (χ3v) is 7.79. The second-order valence-corrected chi connectivity index (χ2v) is 11.3. The molecule has 1 aliphatic rings. The third kappa shape index (κ3) is 8.91. The first-order valence-corrected chi connectivity index (χ1v) is 14.4. The van der Waals surface area contributed by atoms with Gasteiger partial charge in [0.05, 0.1) is 16.2 Å². The van der Waals surface area contributed by atoms with Crippen LogP contribution in [0.1, 0.15) is 38.2 Å². The van der Waals surface area contributed by atoms with Crippen LogP contribution >= 0.6 is 45.8 Å². The highest BCUT2D eigenvalue weighted by Crippen LogP contribution is 2.32. The van der Waals surface area contributed by atoms with E-state index in [2.05, 4.69) is 27.9 Å². The molecule has 1 aliphatic carbocycles. The number of amides is 2. The van der Waals surface area contributed by atoms with Crippen molar-refractivity contribution in [3.8, 4) is 5.75 Å². The normalized spacial score (nSPS) is 18.7. The monoisotopic (exact) mass is 688 g/mol. The Hall–Kier alpha value is -2.18. The quantitative estimate of drug-likeness (QED) is 0.287. The Bertz CT molecular complexity index is 1220. The predicted molar refractivity (Wildman–Crippen MR) is 158 cm³/mol. The number of ketones is 1. The second-order valence-electron chi connectivity index (χ2n) is 9.26. The molecular weight excluding hydrogens is 658 g/mol. The fourth-order valence-electron chi connectivity index (χ4n) is 4.32. The van der Waals surface area contributed by atoms with Gasteiger partial charge in [-0.2, -0.15) is 0 Å². The number of nitrogens with zero attached hydrogens (tertiary/aromatic N) is 1. The molecule has 3 unspecified atom stereocenters. The fraction of sp³-hybridized carbons (Fsp3) is 0.393. The summed E-state index contributed by atoms with van der Waals surface area (Å²) in [5.74, 6) is -0.221. The van der Waals surface area contributed by atoms with Gasteiger partial charge in [-0.05, 0) is 71.8 Å². The van der Waals surface area contributed by atoms with Crippen LogP contribution < -0.4 is 10.1 Å². The summed E-state index contributed by atoms with van der Waals surface area (Å²) in [5, 5.41) is 24.2. The molecule has 0 fully saturated rings. The zero-order valence-electron chi connectivity index (χ0n) is 21.4. The van der Waals surface area contributed by atoms with Crippen molar-refractivity contribution in [2.45, 2.75) is 57.4 Å². The van der Waals surface area contributed by atoms with Gasteiger partial charge >= 0.3 is 0 Å². The predicted octanol–water partition coefficient (Wildman–Crippen LogP) is 4.30. The van der Waals surface area contributed by atoms with E-state index in [1.165, 1.54) is 11.8 Å². The molecule has 210 valence electrons. The minimum Gasteiger partial charge on any atom is -0.482 e. The topological polar surface area (TPSA) is 116 Å². The van der Waals surface area contributed by atoms with Crippen LogP contribution in [0.3, 0.4) is 0 Å². The van der Waals surface area contributed by atoms with Crippen molar-refractivity contribution in [1.82, 2.24) is 10.2 Å². The van der Waals surface area contributed by atoms with Gasteiger partial charge in [-0.25, -0.2) is 0 Å². The Morgan fingerprint density at radius 2 is 1.90 bits per heavy atom. The largest absolute Gasteiger partial charge is 0.482 e. The molecule has 8 nitrogen and oxygen atoms in total. The lowest BCUT2D eigenvalue weighted by Crippen LogP contribution is -2.54. The maximum absolute atomic E-state index is 13.6. The maximum Gasteiger partial charge on any atom is 0.247 e. The van der Waals surface area contributed by atoms with Crippen molar-refractivity contribution in [3.63, 3.8) is 0 Å². The van der Waals surface area contributed by atoms with Gasteiger partial charge in [0.1, 0.15) is 23.7 Å². The number of para-hydroxylation sites is 1. The lowest BCUT2D eigenvalue weighted by Gasteiger charge is -2.41. The van der Waals surface area contributed by atoms with Crippen molar-refractivity contribution in [2.24, 2.45) is 0 Å². The van der Waals surface area contributed by atoms with Crippen molar-refractivity contribution in [1.29, 1.82) is 0 Å². The molecule has 0 aromatic heterocycles. The first-order valence-electron chi connectivity index (χ1n) is 12.5. The lowest BCUT2D eigenvalue weighted by atomic mass is 9.87. The van der Waals surface area contributed by atoms with Crippen LogP contribution in [-0.4, -0.2) is 64.1 Å². The van der Waals surface area contributed by atoms with Crippen LogP contribution in [0, 0.1) is 3.57 Å². The van der Waals surface area contributed by atoms with Crippen LogP contribution in [-0.2, 0) is 20.9 Å². The minimum absolute atomic E-state index is 0.0236. The van der Waals surface area contributed by atoms with Gasteiger partial charge in [0.2, 0.25) is 11.8 Å². The molecule has 2 aromatic carbocycles. The highest BCUT2D eigenvalue weighted by Gasteiger charge is 2.40. The van der Waals surface area contributed by atoms with E-state index >= 15 is 0 Å². The number of benzene rings is 2. The summed E-state index contributed by atoms with van der Waals surface area (Å²) in [6, 6.07) is 11.4. The van der Waals surface area contributed by atoms with Gasteiger partial charge in [-0.15, -0.1) is 0 Å². The molecule has 0 aliphatic heterocycles. The molecule has 11 heteroatoms. The van der Waals surface area contributed by atoms with E-state index in [-0.39, 0.29) is 50.6 Å². The number of ether oxygens (including phenoxy) is 1. The molecule has 39 heavy (non-hydrogen) atoms. The average Bonchev–Trinajstić information content (AvgIpc) is 2.89. The molecule has 0 bridgehead atoms. The first-order chi connectivity index (χ1) is 18.6. The van der Waals surface area contributed by atoms with Crippen molar-refractivity contribution < 1.29 is 29.3 Å². The number of aliphatic hydroxyl groups is 2. The second kappa shape index (κ2) is 15.0. The number of halogens is 3. The molecular formula is C28H31Cl2IN2O6. The van der Waals surface area contributed by atoms with E-state index in [0.717, 1.165) is 3.57 Å². The Morgan fingerprint density at radius 3 is 2.56 bits per heavy atom. The van der Waals surface area contributed by atoms with E-state index in [0.29, 0.717) is 33.4 Å². The van der Waals surface area contributed by atoms with Gasteiger partial charge in [0.15, 0.2) is 0 Å². The molecule has 3 rings (SSSR count). The Morgan fingerprint density at radius 1 is 1.15 bits per heavy atom. The van der Waals surface area contributed by atoms with Gasteiger partial charge < -0.3 is 30.0 Å². The fourth-order valence-corrected chi connectivity index (χ4v) is 5.31. The Labute approximate surface area is 251 Å². The molecule has 2 aromatic rings. The maximum atomic E-state index is 13.6. The number of carbonyl (C=O) groups excluding carboxylic acids is 3. The summed E-state index contributed by atoms with van der Waals surface area (Å²) < 4.78 is 6.97. The Kier molecular flexibility index (Phi) is 12.1. The number of hydrogen-bond acceptors (Lipinski definition) is 6. The number of nitrogens with one attached hydrogen (secondary N) is 1. The zero-order chi connectivity index (χ0) is 28.5. The van der Waals surface area contributed by atoms with Crippen LogP contribution in [0.5, 0.6) is 5.75 Å². The van der Waals surface area contributed by atoms with Gasteiger partial charge in [-0.3, -0.25) is 9.59 Å². The van der Waals surface area contributed by atoms with Crippen LogP contribution in [0.25, 0.3) is 0 Å². The molecule has 3 atom stereocenters. The van der Waals surface area contributed by atoms with E-state index in [1.54, 1.807) is 36.4 Å². The summed E-state index contributed by atoms with van der Waals surface area (Å²) >= 11 is 14.6. The molecule has 0 saturated carbocycles. The molecule has 0 heterocycles. The Balaban J connectivity index is 1.98. The molecule has 3 N–H and O–H groups in total. The number of aliphatic hydroxyl groups excluding tert-OH is 2. The first kappa shape index (κ1) is 31.3. The van der Waals surface area contributed by atoms with Crippen LogP contribution in [0.2, 0.25) is 10.0 Å². The average molecular weight is 689 g/mol. The third-order valence-electron chi connectivity index (χ3n) is 6.31. The minimum atomic E-state index is -1.18. The number of carbonyl (C=O) groups is 3. The SMILES string of the molecule is CC(=O)CCCC(=O)N(Cc1ccc(Cl)cc1Cl)C1CC(C(=O)NCCO)=CC(Oc2ccccc2I)C1O. The van der Waals surface area contributed by atoms with Crippen molar-refractivity contribution >= 4 is 63.4 Å². The lowest BCUT2D eigenvalue weighted by molar-refractivity contribution is -0.139. The van der Waals surface area contributed by atoms with Crippen molar-refractivity contribution in [3.05, 3.63) is 73.3 Å². The molecule has 0 spiro atoms. The summed E-state index contributed by atoms with van der Waals surface area (Å²) in [5.41, 5.74) is 0.933. The number of rotatable bonds is 12. The summed E-state index contributed by atoms with van der Waals surface area (Å²) in [4.78, 5) is 39.5. The summed E-state index contributed by atoms with van der Waals surface area (Å²) in [7, 11) is 0. The highest BCUT2D eigenvalue weighted by molar-refractivity contribution is 14.1. The molecule has 0 radical (unpaired) electrons. The van der Waals surface area contributed by atoms with Crippen LogP contribution in [0.4, 0.5) is 0 Å².